The van der Waals surface area contributed by atoms with E-state index < -0.39 is 4.92 Å². The second-order valence-corrected chi connectivity index (χ2v) is 5.89. The van der Waals surface area contributed by atoms with Crippen LogP contribution in [0.15, 0.2) is 36.4 Å². The molecule has 0 bridgehead atoms. The van der Waals surface area contributed by atoms with E-state index in [4.69, 9.17) is 5.26 Å². The van der Waals surface area contributed by atoms with Gasteiger partial charge in [-0.3, -0.25) is 10.1 Å². The SMILES string of the molecule is CC(C)(C)c1ccc(Nc2ccc([N+](=O)[O-])c(C#N)n2)cc1. The van der Waals surface area contributed by atoms with E-state index in [2.05, 4.69) is 31.1 Å². The third-order valence-electron chi connectivity index (χ3n) is 3.20. The van der Waals surface area contributed by atoms with Gasteiger partial charge in [0.1, 0.15) is 11.9 Å². The Morgan fingerprint density at radius 2 is 1.82 bits per heavy atom. The third-order valence-corrected chi connectivity index (χ3v) is 3.20. The molecule has 2 aromatic rings. The number of hydrogen-bond acceptors (Lipinski definition) is 5. The van der Waals surface area contributed by atoms with Crippen molar-refractivity contribution in [2.75, 3.05) is 5.32 Å². The molecule has 22 heavy (non-hydrogen) atoms. The van der Waals surface area contributed by atoms with E-state index in [1.807, 2.05) is 24.3 Å². The number of pyridine rings is 1. The Balaban J connectivity index is 2.25. The highest BCUT2D eigenvalue weighted by Crippen LogP contribution is 2.25. The first-order chi connectivity index (χ1) is 10.3. The van der Waals surface area contributed by atoms with Crippen molar-refractivity contribution in [3.63, 3.8) is 0 Å². The van der Waals surface area contributed by atoms with Gasteiger partial charge in [-0.25, -0.2) is 4.98 Å². The second-order valence-electron chi connectivity index (χ2n) is 5.89. The summed E-state index contributed by atoms with van der Waals surface area (Å²) in [5.74, 6) is 0.394. The summed E-state index contributed by atoms with van der Waals surface area (Å²) in [5.41, 5.74) is 1.57. The summed E-state index contributed by atoms with van der Waals surface area (Å²) in [5, 5.41) is 22.8. The lowest BCUT2D eigenvalue weighted by molar-refractivity contribution is -0.385. The largest absolute Gasteiger partial charge is 0.340 e. The minimum absolute atomic E-state index is 0.0676. The van der Waals surface area contributed by atoms with E-state index in [1.54, 1.807) is 6.07 Å². The minimum atomic E-state index is -0.618. The van der Waals surface area contributed by atoms with Gasteiger partial charge in [-0.05, 0) is 29.2 Å². The highest BCUT2D eigenvalue weighted by atomic mass is 16.6. The second kappa shape index (κ2) is 5.82. The van der Waals surface area contributed by atoms with E-state index in [-0.39, 0.29) is 16.8 Å². The molecule has 0 atom stereocenters. The summed E-state index contributed by atoms with van der Waals surface area (Å²) in [6, 6.07) is 12.3. The predicted octanol–water partition coefficient (Wildman–Crippen LogP) is 3.90. The molecule has 0 saturated heterocycles. The molecule has 0 amide bonds. The van der Waals surface area contributed by atoms with Crippen LogP contribution in [0.5, 0.6) is 0 Å². The van der Waals surface area contributed by atoms with Gasteiger partial charge in [-0.2, -0.15) is 5.26 Å². The maximum Gasteiger partial charge on any atom is 0.305 e. The summed E-state index contributed by atoms with van der Waals surface area (Å²) < 4.78 is 0. The van der Waals surface area contributed by atoms with E-state index in [0.717, 1.165) is 5.69 Å². The molecule has 1 heterocycles. The lowest BCUT2D eigenvalue weighted by Crippen LogP contribution is -2.10. The standard InChI is InChI=1S/C16H16N4O2/c1-16(2,3)11-4-6-12(7-5-11)18-15-9-8-14(20(21)22)13(10-17)19-15/h4-9H,1-3H3,(H,18,19). The van der Waals surface area contributed by atoms with Crippen molar-refractivity contribution in [1.82, 2.24) is 4.98 Å². The maximum absolute atomic E-state index is 10.8. The molecule has 6 heteroatoms. The fraction of sp³-hybridized carbons (Fsp3) is 0.250. The fourth-order valence-corrected chi connectivity index (χ4v) is 1.95. The molecule has 1 N–H and O–H groups in total. The molecular formula is C16H16N4O2. The maximum atomic E-state index is 10.8. The predicted molar refractivity (Wildman–Crippen MR) is 84.0 cm³/mol. The molecule has 0 saturated carbocycles. The minimum Gasteiger partial charge on any atom is -0.340 e. The van der Waals surface area contributed by atoms with Gasteiger partial charge >= 0.3 is 5.69 Å². The van der Waals surface area contributed by atoms with Crippen LogP contribution in [0.2, 0.25) is 0 Å². The average Bonchev–Trinajstić information content (AvgIpc) is 2.46. The smallest absolute Gasteiger partial charge is 0.305 e. The quantitative estimate of drug-likeness (QED) is 0.685. The van der Waals surface area contributed by atoms with Crippen molar-refractivity contribution in [3.05, 3.63) is 57.8 Å². The first kappa shape index (κ1) is 15.4. The van der Waals surface area contributed by atoms with Crippen LogP contribution in [-0.4, -0.2) is 9.91 Å². The van der Waals surface area contributed by atoms with Crippen LogP contribution in [0.1, 0.15) is 32.0 Å². The van der Waals surface area contributed by atoms with Crippen LogP contribution >= 0.6 is 0 Å². The molecule has 0 radical (unpaired) electrons. The zero-order valence-corrected chi connectivity index (χ0v) is 12.6. The summed E-state index contributed by atoms with van der Waals surface area (Å²) in [7, 11) is 0. The van der Waals surface area contributed by atoms with Crippen molar-refractivity contribution in [1.29, 1.82) is 5.26 Å². The van der Waals surface area contributed by atoms with Gasteiger partial charge in [0.2, 0.25) is 5.69 Å². The van der Waals surface area contributed by atoms with Crippen LogP contribution in [0, 0.1) is 21.4 Å². The van der Waals surface area contributed by atoms with E-state index in [1.165, 1.54) is 17.7 Å². The molecule has 0 aliphatic heterocycles. The Bertz CT molecular complexity index is 740. The molecule has 6 nitrogen and oxygen atoms in total. The van der Waals surface area contributed by atoms with Gasteiger partial charge in [-0.15, -0.1) is 0 Å². The number of anilines is 2. The molecule has 2 rings (SSSR count). The molecule has 1 aromatic carbocycles. The Morgan fingerprint density at radius 3 is 2.32 bits per heavy atom. The Kier molecular flexibility index (Phi) is 4.08. The summed E-state index contributed by atoms with van der Waals surface area (Å²) in [6.45, 7) is 6.39. The van der Waals surface area contributed by atoms with Crippen LogP contribution in [0.4, 0.5) is 17.2 Å². The van der Waals surface area contributed by atoms with Crippen molar-refractivity contribution < 1.29 is 4.92 Å². The van der Waals surface area contributed by atoms with E-state index >= 15 is 0 Å². The van der Waals surface area contributed by atoms with Crippen molar-refractivity contribution in [2.24, 2.45) is 0 Å². The van der Waals surface area contributed by atoms with Crippen LogP contribution in [0.3, 0.4) is 0 Å². The molecule has 0 aliphatic rings. The van der Waals surface area contributed by atoms with Gasteiger partial charge in [0.15, 0.2) is 0 Å². The number of benzene rings is 1. The highest BCUT2D eigenvalue weighted by Gasteiger charge is 2.16. The Morgan fingerprint density at radius 1 is 1.18 bits per heavy atom. The van der Waals surface area contributed by atoms with Crippen LogP contribution in [-0.2, 0) is 5.41 Å². The first-order valence-electron chi connectivity index (χ1n) is 6.74. The van der Waals surface area contributed by atoms with E-state index in [9.17, 15) is 10.1 Å². The molecule has 0 spiro atoms. The number of nitro groups is 1. The molecule has 1 aromatic heterocycles. The number of aromatic nitrogens is 1. The van der Waals surface area contributed by atoms with Gasteiger partial charge in [0, 0.05) is 11.8 Å². The normalized spacial score (nSPS) is 10.8. The van der Waals surface area contributed by atoms with E-state index in [0.29, 0.717) is 5.82 Å². The zero-order chi connectivity index (χ0) is 16.3. The van der Waals surface area contributed by atoms with Gasteiger partial charge in [-0.1, -0.05) is 32.9 Å². The van der Waals surface area contributed by atoms with Gasteiger partial charge in [0.05, 0.1) is 4.92 Å². The topological polar surface area (TPSA) is 91.9 Å². The molecule has 0 unspecified atom stereocenters. The number of nitriles is 1. The highest BCUT2D eigenvalue weighted by molar-refractivity contribution is 5.59. The summed E-state index contributed by atoms with van der Waals surface area (Å²) in [4.78, 5) is 14.1. The number of nitrogens with one attached hydrogen (secondary N) is 1. The summed E-state index contributed by atoms with van der Waals surface area (Å²) >= 11 is 0. The third kappa shape index (κ3) is 3.38. The Hall–Kier alpha value is -2.94. The monoisotopic (exact) mass is 296 g/mol. The fourth-order valence-electron chi connectivity index (χ4n) is 1.95. The lowest BCUT2D eigenvalue weighted by Gasteiger charge is -2.19. The number of nitrogens with zero attached hydrogens (tertiary/aromatic N) is 3. The number of hydrogen-bond donors (Lipinski definition) is 1. The molecular weight excluding hydrogens is 280 g/mol. The Labute approximate surface area is 128 Å². The zero-order valence-electron chi connectivity index (χ0n) is 12.6. The number of rotatable bonds is 3. The average molecular weight is 296 g/mol. The molecule has 0 fully saturated rings. The van der Waals surface area contributed by atoms with Gasteiger partial charge < -0.3 is 5.32 Å². The molecule has 112 valence electrons. The van der Waals surface area contributed by atoms with Gasteiger partial charge in [0.25, 0.3) is 0 Å². The lowest BCUT2D eigenvalue weighted by atomic mass is 9.87. The van der Waals surface area contributed by atoms with Crippen molar-refractivity contribution >= 4 is 17.2 Å². The van der Waals surface area contributed by atoms with Crippen molar-refractivity contribution in [2.45, 2.75) is 26.2 Å². The molecule has 0 aliphatic carbocycles. The first-order valence-corrected chi connectivity index (χ1v) is 6.74. The summed E-state index contributed by atoms with van der Waals surface area (Å²) in [6.07, 6.45) is 0. The van der Waals surface area contributed by atoms with Crippen LogP contribution in [0.25, 0.3) is 0 Å². The van der Waals surface area contributed by atoms with Crippen LogP contribution < -0.4 is 5.32 Å². The van der Waals surface area contributed by atoms with Crippen molar-refractivity contribution in [3.8, 4) is 6.07 Å².